The van der Waals surface area contributed by atoms with Crippen LogP contribution in [0.4, 0.5) is 0 Å². The van der Waals surface area contributed by atoms with E-state index >= 15 is 0 Å². The highest BCUT2D eigenvalue weighted by atomic mass is 16.5. The van der Waals surface area contributed by atoms with E-state index in [-0.39, 0.29) is 6.61 Å². The van der Waals surface area contributed by atoms with Crippen molar-refractivity contribution in [3.8, 4) is 18.1 Å². The molecular weight excluding hydrogens is 254 g/mol. The molecule has 1 aromatic heterocycles. The lowest BCUT2D eigenvalue weighted by molar-refractivity contribution is 0.147. The van der Waals surface area contributed by atoms with Gasteiger partial charge in [0.25, 0.3) is 0 Å². The van der Waals surface area contributed by atoms with Crippen LogP contribution < -0.4 is 10.1 Å². The highest BCUT2D eigenvalue weighted by molar-refractivity contribution is 5.33. The van der Waals surface area contributed by atoms with E-state index in [0.717, 1.165) is 11.3 Å². The molecule has 1 atom stereocenters. The lowest BCUT2D eigenvalue weighted by Crippen LogP contribution is -2.21. The number of benzene rings is 1. The minimum Gasteiger partial charge on any atom is -0.481 e. The molecule has 0 spiro atoms. The van der Waals surface area contributed by atoms with Crippen LogP contribution >= 0.6 is 0 Å². The zero-order valence-electron chi connectivity index (χ0n) is 11.1. The quantitative estimate of drug-likeness (QED) is 0.757. The molecular formula is C16H17NO3. The third kappa shape index (κ3) is 3.89. The third-order valence-corrected chi connectivity index (χ3v) is 2.81. The number of hydrogen-bond donors (Lipinski definition) is 2. The first kappa shape index (κ1) is 14.2. The molecule has 0 fully saturated rings. The second kappa shape index (κ2) is 7.39. The largest absolute Gasteiger partial charge is 0.481 e. The summed E-state index contributed by atoms with van der Waals surface area (Å²) in [4.78, 5) is 0. The monoisotopic (exact) mass is 271 g/mol. The Kier molecular flexibility index (Phi) is 5.24. The van der Waals surface area contributed by atoms with Crippen molar-refractivity contribution in [3.63, 3.8) is 0 Å². The van der Waals surface area contributed by atoms with Gasteiger partial charge in [-0.05, 0) is 18.2 Å². The van der Waals surface area contributed by atoms with Gasteiger partial charge in [-0.15, -0.1) is 6.42 Å². The molecule has 2 aromatic rings. The first-order chi connectivity index (χ1) is 9.81. The molecule has 0 aliphatic heterocycles. The molecule has 1 heterocycles. The first-order valence-electron chi connectivity index (χ1n) is 6.37. The Bertz CT molecular complexity index is 557. The highest BCUT2D eigenvalue weighted by Gasteiger charge is 2.10. The molecule has 0 amide bonds. The summed E-state index contributed by atoms with van der Waals surface area (Å²) < 4.78 is 10.6. The second-order valence-corrected chi connectivity index (χ2v) is 4.26. The van der Waals surface area contributed by atoms with Crippen LogP contribution in [-0.2, 0) is 6.54 Å². The van der Waals surface area contributed by atoms with Crippen LogP contribution in [0.15, 0.2) is 47.1 Å². The summed E-state index contributed by atoms with van der Waals surface area (Å²) in [5.74, 6) is 3.75. The Morgan fingerprint density at radius 3 is 2.90 bits per heavy atom. The van der Waals surface area contributed by atoms with E-state index in [1.54, 1.807) is 18.4 Å². The number of rotatable bonds is 7. The molecule has 0 aliphatic rings. The zero-order chi connectivity index (χ0) is 14.2. The molecule has 20 heavy (non-hydrogen) atoms. The maximum Gasteiger partial charge on any atom is 0.148 e. The molecule has 0 saturated heterocycles. The van der Waals surface area contributed by atoms with Gasteiger partial charge in [0.2, 0.25) is 0 Å². The summed E-state index contributed by atoms with van der Waals surface area (Å²) in [5.41, 5.74) is 0.995. The Balaban J connectivity index is 1.86. The molecule has 0 bridgehead atoms. The molecule has 4 heteroatoms. The van der Waals surface area contributed by atoms with Gasteiger partial charge in [-0.1, -0.05) is 24.1 Å². The molecule has 0 radical (unpaired) electrons. The van der Waals surface area contributed by atoms with Crippen LogP contribution in [0.25, 0.3) is 0 Å². The van der Waals surface area contributed by atoms with Gasteiger partial charge in [0.15, 0.2) is 0 Å². The number of aliphatic hydroxyl groups excluding tert-OH is 1. The normalized spacial score (nSPS) is 11.8. The van der Waals surface area contributed by atoms with Gasteiger partial charge in [0, 0.05) is 18.7 Å². The fourth-order valence-corrected chi connectivity index (χ4v) is 1.84. The van der Waals surface area contributed by atoms with E-state index in [2.05, 4.69) is 11.2 Å². The van der Waals surface area contributed by atoms with Gasteiger partial charge >= 0.3 is 0 Å². The maximum atomic E-state index is 9.88. The Hall–Kier alpha value is -2.22. The van der Waals surface area contributed by atoms with Crippen LogP contribution in [0.3, 0.4) is 0 Å². The lowest BCUT2D eigenvalue weighted by Gasteiger charge is -2.12. The van der Waals surface area contributed by atoms with E-state index in [4.69, 9.17) is 15.6 Å². The molecule has 0 saturated carbocycles. The molecule has 2 rings (SSSR count). The van der Waals surface area contributed by atoms with Crippen molar-refractivity contribution in [2.75, 3.05) is 13.2 Å². The van der Waals surface area contributed by atoms with E-state index in [9.17, 15) is 5.11 Å². The van der Waals surface area contributed by atoms with Gasteiger partial charge in [-0.25, -0.2) is 0 Å². The minimum absolute atomic E-state index is 0.242. The SMILES string of the molecule is C#CCOc1ccccc1CNCC(O)c1ccco1. The lowest BCUT2D eigenvalue weighted by atomic mass is 10.2. The number of furan rings is 1. The molecule has 104 valence electrons. The van der Waals surface area contributed by atoms with Crippen molar-refractivity contribution < 1.29 is 14.3 Å². The number of aliphatic hydroxyl groups is 1. The highest BCUT2D eigenvalue weighted by Crippen LogP contribution is 2.18. The second-order valence-electron chi connectivity index (χ2n) is 4.26. The number of hydrogen-bond acceptors (Lipinski definition) is 4. The summed E-state index contributed by atoms with van der Waals surface area (Å²) in [6.07, 6.45) is 6.07. The summed E-state index contributed by atoms with van der Waals surface area (Å²) in [6, 6.07) is 11.2. The van der Waals surface area contributed by atoms with Crippen molar-refractivity contribution in [2.24, 2.45) is 0 Å². The smallest absolute Gasteiger partial charge is 0.148 e. The Morgan fingerprint density at radius 1 is 1.30 bits per heavy atom. The number of para-hydroxylation sites is 1. The topological polar surface area (TPSA) is 54.6 Å². The number of terminal acetylenes is 1. The van der Waals surface area contributed by atoms with Crippen molar-refractivity contribution >= 4 is 0 Å². The average Bonchev–Trinajstić information content (AvgIpc) is 3.00. The van der Waals surface area contributed by atoms with Gasteiger partial charge in [0.1, 0.15) is 24.2 Å². The summed E-state index contributed by atoms with van der Waals surface area (Å²) >= 11 is 0. The molecule has 4 nitrogen and oxygen atoms in total. The van der Waals surface area contributed by atoms with Crippen molar-refractivity contribution in [1.82, 2.24) is 5.32 Å². The summed E-state index contributed by atoms with van der Waals surface area (Å²) in [7, 11) is 0. The molecule has 0 aliphatic carbocycles. The maximum absolute atomic E-state index is 9.88. The summed E-state index contributed by atoms with van der Waals surface area (Å²) in [5, 5.41) is 13.0. The van der Waals surface area contributed by atoms with Gasteiger partial charge in [-0.3, -0.25) is 0 Å². The molecule has 1 aromatic carbocycles. The minimum atomic E-state index is -0.663. The Labute approximate surface area is 118 Å². The fourth-order valence-electron chi connectivity index (χ4n) is 1.84. The van der Waals surface area contributed by atoms with Crippen molar-refractivity contribution in [1.29, 1.82) is 0 Å². The Morgan fingerprint density at radius 2 is 2.15 bits per heavy atom. The fraction of sp³-hybridized carbons (Fsp3) is 0.250. The molecule has 2 N–H and O–H groups in total. The van der Waals surface area contributed by atoms with Crippen LogP contribution in [0, 0.1) is 12.3 Å². The first-order valence-corrected chi connectivity index (χ1v) is 6.37. The zero-order valence-corrected chi connectivity index (χ0v) is 11.1. The average molecular weight is 271 g/mol. The number of ether oxygens (including phenoxy) is 1. The van der Waals surface area contributed by atoms with Crippen LogP contribution in [0.2, 0.25) is 0 Å². The van der Waals surface area contributed by atoms with Gasteiger partial charge < -0.3 is 19.6 Å². The van der Waals surface area contributed by atoms with Crippen LogP contribution in [0.1, 0.15) is 17.4 Å². The van der Waals surface area contributed by atoms with E-state index < -0.39 is 6.10 Å². The van der Waals surface area contributed by atoms with E-state index in [0.29, 0.717) is 18.8 Å². The predicted molar refractivity (Wildman–Crippen MR) is 76.1 cm³/mol. The van der Waals surface area contributed by atoms with E-state index in [1.807, 2.05) is 24.3 Å². The molecule has 1 unspecified atom stereocenters. The third-order valence-electron chi connectivity index (χ3n) is 2.81. The predicted octanol–water partition coefficient (Wildman–Crippen LogP) is 2.11. The van der Waals surface area contributed by atoms with Crippen molar-refractivity contribution in [3.05, 3.63) is 54.0 Å². The standard InChI is InChI=1S/C16H17NO3/c1-2-9-19-15-7-4-3-6-13(15)11-17-12-14(18)16-8-5-10-20-16/h1,3-8,10,14,17-18H,9,11-12H2. The van der Waals surface area contributed by atoms with Crippen LogP contribution in [-0.4, -0.2) is 18.3 Å². The van der Waals surface area contributed by atoms with Crippen LogP contribution in [0.5, 0.6) is 5.75 Å². The van der Waals surface area contributed by atoms with Crippen molar-refractivity contribution in [2.45, 2.75) is 12.6 Å². The summed E-state index contributed by atoms with van der Waals surface area (Å²) in [6.45, 7) is 1.22. The number of nitrogens with one attached hydrogen (secondary N) is 1. The van der Waals surface area contributed by atoms with Gasteiger partial charge in [0.05, 0.1) is 6.26 Å². The van der Waals surface area contributed by atoms with E-state index in [1.165, 1.54) is 0 Å². The van der Waals surface area contributed by atoms with Gasteiger partial charge in [-0.2, -0.15) is 0 Å².